The van der Waals surface area contributed by atoms with Gasteiger partial charge in [0.2, 0.25) is 0 Å². The summed E-state index contributed by atoms with van der Waals surface area (Å²) in [5.74, 6) is 1.03. The molecule has 1 heteroatoms. The monoisotopic (exact) mass is 259 g/mol. The number of nitrogens with one attached hydrogen (secondary N) is 1. The van der Waals surface area contributed by atoms with Gasteiger partial charge in [0.25, 0.3) is 0 Å². The fraction of sp³-hybridized carbons (Fsp3) is 0.667. The van der Waals surface area contributed by atoms with Gasteiger partial charge in [0.05, 0.1) is 0 Å². The van der Waals surface area contributed by atoms with Crippen molar-refractivity contribution >= 4 is 0 Å². The van der Waals surface area contributed by atoms with Crippen molar-refractivity contribution in [1.82, 2.24) is 5.32 Å². The van der Waals surface area contributed by atoms with Crippen molar-refractivity contribution in [3.05, 3.63) is 35.9 Å². The highest BCUT2D eigenvalue weighted by molar-refractivity contribution is 5.18. The topological polar surface area (TPSA) is 12.0 Å². The van der Waals surface area contributed by atoms with E-state index in [0.717, 1.165) is 5.92 Å². The molecule has 1 aliphatic carbocycles. The minimum absolute atomic E-state index is 0.551. The molecule has 0 aliphatic heterocycles. The van der Waals surface area contributed by atoms with E-state index >= 15 is 0 Å². The predicted octanol–water partition coefficient (Wildman–Crippen LogP) is 5.09. The molecule has 0 aromatic heterocycles. The highest BCUT2D eigenvalue weighted by Gasteiger charge is 2.14. The third kappa shape index (κ3) is 4.99. The lowest BCUT2D eigenvalue weighted by Crippen LogP contribution is -2.22. The fourth-order valence-electron chi connectivity index (χ4n) is 3.33. The molecule has 0 heterocycles. The van der Waals surface area contributed by atoms with Crippen LogP contribution in [0.5, 0.6) is 0 Å². The predicted molar refractivity (Wildman–Crippen MR) is 83.3 cm³/mol. The SMILES string of the molecule is CCCC(NCCCC1CCCC1)c1ccccc1. The molecule has 1 aliphatic rings. The summed E-state index contributed by atoms with van der Waals surface area (Å²) in [6, 6.07) is 11.5. The normalized spacial score (nSPS) is 17.7. The van der Waals surface area contributed by atoms with E-state index in [9.17, 15) is 0 Å². The first-order chi connectivity index (χ1) is 9.40. The van der Waals surface area contributed by atoms with Gasteiger partial charge in [-0.2, -0.15) is 0 Å². The van der Waals surface area contributed by atoms with Gasteiger partial charge in [0.15, 0.2) is 0 Å². The lowest BCUT2D eigenvalue weighted by Gasteiger charge is -2.19. The van der Waals surface area contributed by atoms with Crippen LogP contribution >= 0.6 is 0 Å². The Bertz CT molecular complexity index is 327. The van der Waals surface area contributed by atoms with Crippen LogP contribution in [0.15, 0.2) is 30.3 Å². The van der Waals surface area contributed by atoms with Gasteiger partial charge in [-0.15, -0.1) is 0 Å². The molecule has 1 fully saturated rings. The minimum Gasteiger partial charge on any atom is -0.310 e. The lowest BCUT2D eigenvalue weighted by molar-refractivity contribution is 0.437. The summed E-state index contributed by atoms with van der Waals surface area (Å²) in [4.78, 5) is 0. The molecule has 1 saturated carbocycles. The lowest BCUT2D eigenvalue weighted by atomic mass is 10.00. The Balaban J connectivity index is 1.71. The quantitative estimate of drug-likeness (QED) is 0.641. The fourth-order valence-corrected chi connectivity index (χ4v) is 3.33. The first-order valence-corrected chi connectivity index (χ1v) is 8.18. The molecule has 1 N–H and O–H groups in total. The van der Waals surface area contributed by atoms with Gasteiger partial charge in [-0.1, -0.05) is 69.4 Å². The molecule has 1 atom stereocenters. The number of hydrogen-bond donors (Lipinski definition) is 1. The molecular formula is C18H29N. The van der Waals surface area contributed by atoms with Crippen molar-refractivity contribution in [1.29, 1.82) is 0 Å². The average Bonchev–Trinajstić information content (AvgIpc) is 2.96. The number of rotatable bonds is 8. The molecule has 0 spiro atoms. The van der Waals surface area contributed by atoms with Gasteiger partial charge >= 0.3 is 0 Å². The zero-order chi connectivity index (χ0) is 13.3. The van der Waals surface area contributed by atoms with Gasteiger partial charge < -0.3 is 5.32 Å². The molecule has 0 radical (unpaired) electrons. The van der Waals surface area contributed by atoms with Crippen LogP contribution in [-0.4, -0.2) is 6.54 Å². The molecule has 1 unspecified atom stereocenters. The van der Waals surface area contributed by atoms with E-state index in [1.807, 2.05) is 0 Å². The second-order valence-corrected chi connectivity index (χ2v) is 6.00. The van der Waals surface area contributed by atoms with Crippen molar-refractivity contribution in [3.63, 3.8) is 0 Å². The van der Waals surface area contributed by atoms with E-state index in [1.54, 1.807) is 0 Å². The zero-order valence-electron chi connectivity index (χ0n) is 12.4. The Morgan fingerprint density at radius 1 is 1.16 bits per heavy atom. The van der Waals surface area contributed by atoms with Gasteiger partial charge in [0, 0.05) is 6.04 Å². The molecule has 1 aromatic rings. The van der Waals surface area contributed by atoms with E-state index in [-0.39, 0.29) is 0 Å². The van der Waals surface area contributed by atoms with Gasteiger partial charge in [-0.25, -0.2) is 0 Å². The number of hydrogen-bond acceptors (Lipinski definition) is 1. The molecule has 0 saturated heterocycles. The highest BCUT2D eigenvalue weighted by atomic mass is 14.9. The minimum atomic E-state index is 0.551. The van der Waals surface area contributed by atoms with E-state index < -0.39 is 0 Å². The van der Waals surface area contributed by atoms with Gasteiger partial charge in [-0.05, 0) is 37.3 Å². The standard InChI is InChI=1S/C18H29N/c1-2-9-18(17-13-4-3-5-14-17)19-15-8-12-16-10-6-7-11-16/h3-5,13-14,16,18-19H,2,6-12,15H2,1H3. The Labute approximate surface area is 118 Å². The smallest absolute Gasteiger partial charge is 0.0320 e. The van der Waals surface area contributed by atoms with Crippen LogP contribution in [0.3, 0.4) is 0 Å². The molecule has 106 valence electrons. The molecule has 2 rings (SSSR count). The van der Waals surface area contributed by atoms with Gasteiger partial charge in [-0.3, -0.25) is 0 Å². The van der Waals surface area contributed by atoms with Crippen LogP contribution < -0.4 is 5.32 Å². The summed E-state index contributed by atoms with van der Waals surface area (Å²) >= 11 is 0. The Morgan fingerprint density at radius 2 is 1.89 bits per heavy atom. The molecule has 19 heavy (non-hydrogen) atoms. The van der Waals surface area contributed by atoms with Crippen LogP contribution in [-0.2, 0) is 0 Å². The van der Waals surface area contributed by atoms with E-state index in [2.05, 4.69) is 42.6 Å². The van der Waals surface area contributed by atoms with E-state index in [4.69, 9.17) is 0 Å². The summed E-state index contributed by atoms with van der Waals surface area (Å²) < 4.78 is 0. The van der Waals surface area contributed by atoms with Crippen LogP contribution in [0.25, 0.3) is 0 Å². The second-order valence-electron chi connectivity index (χ2n) is 6.00. The maximum absolute atomic E-state index is 3.76. The first-order valence-electron chi connectivity index (χ1n) is 8.18. The molecule has 0 amide bonds. The molecule has 1 aromatic carbocycles. The van der Waals surface area contributed by atoms with Crippen molar-refractivity contribution in [2.75, 3.05) is 6.54 Å². The maximum atomic E-state index is 3.76. The van der Waals surface area contributed by atoms with Gasteiger partial charge in [0.1, 0.15) is 0 Å². The largest absolute Gasteiger partial charge is 0.310 e. The van der Waals surface area contributed by atoms with Crippen LogP contribution in [0.2, 0.25) is 0 Å². The molecule has 1 nitrogen and oxygen atoms in total. The Kier molecular flexibility index (Phi) is 6.43. The van der Waals surface area contributed by atoms with Crippen molar-refractivity contribution in [2.24, 2.45) is 5.92 Å². The number of benzene rings is 1. The van der Waals surface area contributed by atoms with E-state index in [1.165, 1.54) is 63.5 Å². The summed E-state index contributed by atoms with van der Waals surface area (Å²) in [7, 11) is 0. The summed E-state index contributed by atoms with van der Waals surface area (Å²) in [5, 5.41) is 3.76. The third-order valence-electron chi connectivity index (χ3n) is 4.43. The van der Waals surface area contributed by atoms with Crippen molar-refractivity contribution in [2.45, 2.75) is 64.3 Å². The summed E-state index contributed by atoms with van der Waals surface area (Å²) in [5.41, 5.74) is 1.45. The third-order valence-corrected chi connectivity index (χ3v) is 4.43. The zero-order valence-corrected chi connectivity index (χ0v) is 12.4. The second kappa shape index (κ2) is 8.37. The maximum Gasteiger partial charge on any atom is 0.0320 e. The van der Waals surface area contributed by atoms with Crippen LogP contribution in [0.1, 0.15) is 69.9 Å². The molecular weight excluding hydrogens is 230 g/mol. The molecule has 0 bridgehead atoms. The average molecular weight is 259 g/mol. The summed E-state index contributed by atoms with van der Waals surface area (Å²) in [6.07, 6.45) is 11.2. The Hall–Kier alpha value is -0.820. The Morgan fingerprint density at radius 3 is 2.58 bits per heavy atom. The van der Waals surface area contributed by atoms with Crippen molar-refractivity contribution < 1.29 is 0 Å². The first kappa shape index (κ1) is 14.6. The van der Waals surface area contributed by atoms with E-state index in [0.29, 0.717) is 6.04 Å². The van der Waals surface area contributed by atoms with Crippen LogP contribution in [0.4, 0.5) is 0 Å². The van der Waals surface area contributed by atoms with Crippen LogP contribution in [0, 0.1) is 5.92 Å². The summed E-state index contributed by atoms with van der Waals surface area (Å²) in [6.45, 7) is 3.45. The highest BCUT2D eigenvalue weighted by Crippen LogP contribution is 2.28. The van der Waals surface area contributed by atoms with Crippen molar-refractivity contribution in [3.8, 4) is 0 Å².